The van der Waals surface area contributed by atoms with Gasteiger partial charge in [0.15, 0.2) is 0 Å². The third kappa shape index (κ3) is 3.24. The molecular formula is C15H19NOS. The average molecular weight is 261 g/mol. The minimum atomic E-state index is -0.465. The Labute approximate surface area is 112 Å². The summed E-state index contributed by atoms with van der Waals surface area (Å²) in [4.78, 5) is 4.21. The van der Waals surface area contributed by atoms with Crippen LogP contribution in [-0.4, -0.2) is 20.6 Å². The van der Waals surface area contributed by atoms with Crippen LogP contribution in [0.2, 0.25) is 0 Å². The van der Waals surface area contributed by atoms with Crippen molar-refractivity contribution in [3.63, 3.8) is 0 Å². The number of fused-ring (bicyclic) bond motifs is 1. The van der Waals surface area contributed by atoms with E-state index in [-0.39, 0.29) is 4.75 Å². The third-order valence-electron chi connectivity index (χ3n) is 2.73. The first-order chi connectivity index (χ1) is 8.47. The third-order valence-corrected chi connectivity index (χ3v) is 4.08. The lowest BCUT2D eigenvalue weighted by molar-refractivity contribution is 0.205. The minimum Gasteiger partial charge on any atom is -0.387 e. The van der Waals surface area contributed by atoms with Crippen molar-refractivity contribution in [2.24, 2.45) is 0 Å². The van der Waals surface area contributed by atoms with Crippen LogP contribution in [0.1, 0.15) is 32.4 Å². The molecular weight excluding hydrogens is 242 g/mol. The largest absolute Gasteiger partial charge is 0.387 e. The first-order valence-electron chi connectivity index (χ1n) is 6.12. The van der Waals surface area contributed by atoms with Gasteiger partial charge in [-0.1, -0.05) is 45.0 Å². The number of aliphatic hydroxyl groups excluding tert-OH is 1. The number of rotatable bonds is 3. The zero-order chi connectivity index (χ0) is 13.2. The molecule has 1 aromatic heterocycles. The van der Waals surface area contributed by atoms with Crippen LogP contribution in [0.15, 0.2) is 36.7 Å². The Morgan fingerprint density at radius 1 is 1.22 bits per heavy atom. The molecule has 1 atom stereocenters. The Hall–Kier alpha value is -1.06. The quantitative estimate of drug-likeness (QED) is 0.912. The zero-order valence-electron chi connectivity index (χ0n) is 11.1. The van der Waals surface area contributed by atoms with Crippen molar-refractivity contribution in [3.05, 3.63) is 42.2 Å². The van der Waals surface area contributed by atoms with Gasteiger partial charge in [-0.3, -0.25) is 4.98 Å². The van der Waals surface area contributed by atoms with Crippen molar-refractivity contribution in [2.45, 2.75) is 31.6 Å². The number of nitrogens with zero attached hydrogens (tertiary/aromatic N) is 1. The van der Waals surface area contributed by atoms with Crippen LogP contribution in [0, 0.1) is 0 Å². The Kier molecular flexibility index (Phi) is 3.93. The number of pyridine rings is 1. The van der Waals surface area contributed by atoms with Gasteiger partial charge in [-0.05, 0) is 5.39 Å². The van der Waals surface area contributed by atoms with E-state index in [0.717, 1.165) is 16.3 Å². The molecule has 0 aliphatic carbocycles. The molecule has 0 fully saturated rings. The maximum atomic E-state index is 10.3. The average Bonchev–Trinajstić information content (AvgIpc) is 2.34. The van der Waals surface area contributed by atoms with Gasteiger partial charge >= 0.3 is 0 Å². The molecule has 1 heterocycles. The maximum absolute atomic E-state index is 10.3. The summed E-state index contributed by atoms with van der Waals surface area (Å²) >= 11 is 1.77. The second-order valence-corrected chi connectivity index (χ2v) is 7.24. The van der Waals surface area contributed by atoms with Gasteiger partial charge in [0, 0.05) is 33.8 Å². The summed E-state index contributed by atoms with van der Waals surface area (Å²) in [6.07, 6.45) is 3.14. The number of hydrogen-bond donors (Lipinski definition) is 1. The Morgan fingerprint density at radius 2 is 1.94 bits per heavy atom. The molecule has 2 nitrogen and oxygen atoms in total. The predicted octanol–water partition coefficient (Wildman–Crippen LogP) is 3.80. The second-order valence-electron chi connectivity index (χ2n) is 5.39. The molecule has 1 aromatic carbocycles. The highest BCUT2D eigenvalue weighted by molar-refractivity contribution is 8.00. The van der Waals surface area contributed by atoms with Crippen molar-refractivity contribution in [1.82, 2.24) is 4.98 Å². The molecule has 1 N–H and O–H groups in total. The van der Waals surface area contributed by atoms with Gasteiger partial charge in [0.2, 0.25) is 0 Å². The van der Waals surface area contributed by atoms with Crippen LogP contribution in [0.4, 0.5) is 0 Å². The first kappa shape index (κ1) is 13.4. The van der Waals surface area contributed by atoms with Crippen LogP contribution < -0.4 is 0 Å². The fraction of sp³-hybridized carbons (Fsp3) is 0.400. The molecule has 2 aromatic rings. The molecule has 0 spiro atoms. The van der Waals surface area contributed by atoms with E-state index in [9.17, 15) is 5.11 Å². The van der Waals surface area contributed by atoms with Gasteiger partial charge in [0.1, 0.15) is 0 Å². The van der Waals surface area contributed by atoms with Crippen LogP contribution in [0.25, 0.3) is 10.8 Å². The smallest absolute Gasteiger partial charge is 0.0901 e. The molecule has 0 aliphatic rings. The molecule has 0 saturated carbocycles. The van der Waals surface area contributed by atoms with E-state index >= 15 is 0 Å². The maximum Gasteiger partial charge on any atom is 0.0901 e. The normalized spacial score (nSPS) is 13.8. The summed E-state index contributed by atoms with van der Waals surface area (Å²) in [5.41, 5.74) is 0.921. The van der Waals surface area contributed by atoms with E-state index in [1.807, 2.05) is 30.5 Å². The van der Waals surface area contributed by atoms with E-state index in [2.05, 4.69) is 25.8 Å². The van der Waals surface area contributed by atoms with E-state index in [1.54, 1.807) is 18.0 Å². The van der Waals surface area contributed by atoms with Crippen LogP contribution in [0.5, 0.6) is 0 Å². The lowest BCUT2D eigenvalue weighted by Gasteiger charge is -2.20. The highest BCUT2D eigenvalue weighted by atomic mass is 32.2. The summed E-state index contributed by atoms with van der Waals surface area (Å²) in [5, 5.41) is 12.5. The van der Waals surface area contributed by atoms with E-state index in [1.165, 1.54) is 0 Å². The van der Waals surface area contributed by atoms with Gasteiger partial charge in [-0.15, -0.1) is 0 Å². The summed E-state index contributed by atoms with van der Waals surface area (Å²) < 4.78 is 0.166. The minimum absolute atomic E-state index is 0.166. The highest BCUT2D eigenvalue weighted by Gasteiger charge is 2.17. The monoisotopic (exact) mass is 261 g/mol. The summed E-state index contributed by atoms with van der Waals surface area (Å²) in [6.45, 7) is 6.48. The van der Waals surface area contributed by atoms with Crippen LogP contribution >= 0.6 is 11.8 Å². The SMILES string of the molecule is CC(C)(C)SCC(O)c1cncc2ccccc12. The van der Waals surface area contributed by atoms with E-state index in [0.29, 0.717) is 5.75 Å². The van der Waals surface area contributed by atoms with Crippen LogP contribution in [-0.2, 0) is 0 Å². The molecule has 2 rings (SSSR count). The second kappa shape index (κ2) is 5.29. The number of thioether (sulfide) groups is 1. The highest BCUT2D eigenvalue weighted by Crippen LogP contribution is 2.30. The van der Waals surface area contributed by atoms with Gasteiger partial charge in [-0.2, -0.15) is 11.8 Å². The molecule has 0 radical (unpaired) electrons. The Morgan fingerprint density at radius 3 is 2.67 bits per heavy atom. The van der Waals surface area contributed by atoms with Crippen molar-refractivity contribution in [2.75, 3.05) is 5.75 Å². The van der Waals surface area contributed by atoms with Gasteiger partial charge in [0.25, 0.3) is 0 Å². The van der Waals surface area contributed by atoms with Crippen molar-refractivity contribution >= 4 is 22.5 Å². The van der Waals surface area contributed by atoms with Gasteiger partial charge in [-0.25, -0.2) is 0 Å². The fourth-order valence-electron chi connectivity index (χ4n) is 1.82. The molecule has 0 aliphatic heterocycles. The molecule has 3 heteroatoms. The molecule has 1 unspecified atom stereocenters. The lowest BCUT2D eigenvalue weighted by atomic mass is 10.0. The number of hydrogen-bond acceptors (Lipinski definition) is 3. The summed E-state index contributed by atoms with van der Waals surface area (Å²) in [5.74, 6) is 0.694. The summed E-state index contributed by atoms with van der Waals surface area (Å²) in [6, 6.07) is 8.05. The van der Waals surface area contributed by atoms with Crippen molar-refractivity contribution in [1.29, 1.82) is 0 Å². The number of aromatic nitrogens is 1. The van der Waals surface area contributed by atoms with Crippen molar-refractivity contribution < 1.29 is 5.11 Å². The first-order valence-corrected chi connectivity index (χ1v) is 7.10. The van der Waals surface area contributed by atoms with E-state index < -0.39 is 6.10 Å². The van der Waals surface area contributed by atoms with Gasteiger partial charge < -0.3 is 5.11 Å². The zero-order valence-corrected chi connectivity index (χ0v) is 11.9. The Bertz CT molecular complexity index is 528. The van der Waals surface area contributed by atoms with Crippen LogP contribution in [0.3, 0.4) is 0 Å². The standard InChI is InChI=1S/C15H19NOS/c1-15(2,3)18-10-14(17)13-9-16-8-11-6-4-5-7-12(11)13/h4-9,14,17H,10H2,1-3H3. The number of benzene rings is 1. The lowest BCUT2D eigenvalue weighted by Crippen LogP contribution is -2.12. The molecule has 96 valence electrons. The van der Waals surface area contributed by atoms with Crippen molar-refractivity contribution in [3.8, 4) is 0 Å². The topological polar surface area (TPSA) is 33.1 Å². The van der Waals surface area contributed by atoms with Gasteiger partial charge in [0.05, 0.1) is 6.10 Å². The van der Waals surface area contributed by atoms with E-state index in [4.69, 9.17) is 0 Å². The number of aliphatic hydroxyl groups is 1. The fourth-order valence-corrected chi connectivity index (χ4v) is 2.66. The summed E-state index contributed by atoms with van der Waals surface area (Å²) in [7, 11) is 0. The molecule has 0 bridgehead atoms. The molecule has 18 heavy (non-hydrogen) atoms. The molecule has 0 amide bonds. The predicted molar refractivity (Wildman–Crippen MR) is 78.9 cm³/mol. The Balaban J connectivity index is 2.25. The molecule has 0 saturated heterocycles.